The summed E-state index contributed by atoms with van der Waals surface area (Å²) in [5.41, 5.74) is 5.35. The average molecular weight is 204 g/mol. The van der Waals surface area contributed by atoms with E-state index < -0.39 is 11.8 Å². The van der Waals surface area contributed by atoms with Gasteiger partial charge in [-0.25, -0.2) is 9.18 Å². The van der Waals surface area contributed by atoms with E-state index in [4.69, 9.17) is 17.3 Å². The molecule has 0 spiro atoms. The average Bonchev–Trinajstić information content (AvgIpc) is 2.13. The zero-order valence-corrected chi connectivity index (χ0v) is 7.56. The highest BCUT2D eigenvalue weighted by Crippen LogP contribution is 2.26. The number of benzene rings is 1. The topological polar surface area (TPSA) is 52.3 Å². The fourth-order valence-corrected chi connectivity index (χ4v) is 1.02. The van der Waals surface area contributed by atoms with E-state index in [0.717, 1.165) is 6.07 Å². The summed E-state index contributed by atoms with van der Waals surface area (Å²) in [7, 11) is 1.21. The minimum Gasteiger partial charge on any atom is -0.465 e. The smallest absolute Gasteiger partial charge is 0.340 e. The zero-order chi connectivity index (χ0) is 10.0. The third kappa shape index (κ3) is 1.72. The van der Waals surface area contributed by atoms with Crippen LogP contribution in [0.15, 0.2) is 12.1 Å². The Bertz CT molecular complexity index is 354. The number of nitrogens with two attached hydrogens (primary N) is 1. The molecule has 0 amide bonds. The Morgan fingerprint density at radius 2 is 2.23 bits per heavy atom. The van der Waals surface area contributed by atoms with Crippen molar-refractivity contribution in [2.24, 2.45) is 0 Å². The fraction of sp³-hybridized carbons (Fsp3) is 0.125. The number of carbonyl (C=O) groups is 1. The Morgan fingerprint density at radius 1 is 1.62 bits per heavy atom. The van der Waals surface area contributed by atoms with Crippen LogP contribution in [-0.2, 0) is 4.74 Å². The summed E-state index contributed by atoms with van der Waals surface area (Å²) in [6, 6.07) is 2.29. The molecule has 13 heavy (non-hydrogen) atoms. The summed E-state index contributed by atoms with van der Waals surface area (Å²) in [6.07, 6.45) is 0. The lowest BCUT2D eigenvalue weighted by Crippen LogP contribution is -2.06. The third-order valence-electron chi connectivity index (χ3n) is 1.54. The molecule has 1 aromatic carbocycles. The predicted molar refractivity (Wildman–Crippen MR) is 47.2 cm³/mol. The third-order valence-corrected chi connectivity index (χ3v) is 1.92. The van der Waals surface area contributed by atoms with Gasteiger partial charge in [0.2, 0.25) is 0 Å². The lowest BCUT2D eigenvalue weighted by atomic mass is 10.2. The molecule has 5 heteroatoms. The Balaban J connectivity index is 3.26. The molecule has 1 rings (SSSR count). The largest absolute Gasteiger partial charge is 0.465 e. The number of halogens is 2. The first-order valence-electron chi connectivity index (χ1n) is 3.39. The molecule has 0 heterocycles. The summed E-state index contributed by atoms with van der Waals surface area (Å²) in [6.45, 7) is 0. The van der Waals surface area contributed by atoms with Crippen LogP contribution in [0.1, 0.15) is 10.4 Å². The van der Waals surface area contributed by atoms with Crippen LogP contribution in [0.2, 0.25) is 5.02 Å². The highest BCUT2D eigenvalue weighted by molar-refractivity contribution is 6.34. The number of carbonyl (C=O) groups excluding carboxylic acids is 1. The second-order valence-electron chi connectivity index (χ2n) is 2.31. The second-order valence-corrected chi connectivity index (χ2v) is 2.69. The van der Waals surface area contributed by atoms with Crippen molar-refractivity contribution in [3.8, 4) is 0 Å². The lowest BCUT2D eigenvalue weighted by Gasteiger charge is -2.05. The maximum absolute atomic E-state index is 12.8. The number of ether oxygens (including phenoxy) is 1. The van der Waals surface area contributed by atoms with Gasteiger partial charge in [-0.1, -0.05) is 11.6 Å². The van der Waals surface area contributed by atoms with E-state index >= 15 is 0 Å². The molecule has 0 aliphatic heterocycles. The first-order chi connectivity index (χ1) is 6.07. The first-order valence-corrected chi connectivity index (χ1v) is 3.77. The molecule has 0 saturated heterocycles. The molecule has 2 N–H and O–H groups in total. The number of methoxy groups -OCH3 is 1. The van der Waals surface area contributed by atoms with Crippen molar-refractivity contribution in [3.63, 3.8) is 0 Å². The molecule has 0 radical (unpaired) electrons. The van der Waals surface area contributed by atoms with Gasteiger partial charge in [0, 0.05) is 0 Å². The molecule has 0 atom stereocenters. The summed E-state index contributed by atoms with van der Waals surface area (Å²) in [5, 5.41) is -0.261. The molecule has 0 bridgehead atoms. The first kappa shape index (κ1) is 9.80. The van der Waals surface area contributed by atoms with Gasteiger partial charge in [-0.15, -0.1) is 0 Å². The number of nitrogen functional groups attached to an aromatic ring is 1. The van der Waals surface area contributed by atoms with Crippen LogP contribution in [-0.4, -0.2) is 13.1 Å². The summed E-state index contributed by atoms with van der Waals surface area (Å²) >= 11 is 5.48. The van der Waals surface area contributed by atoms with Gasteiger partial charge in [-0.3, -0.25) is 0 Å². The van der Waals surface area contributed by atoms with Crippen molar-refractivity contribution in [1.29, 1.82) is 0 Å². The quantitative estimate of drug-likeness (QED) is 0.560. The van der Waals surface area contributed by atoms with Crippen LogP contribution in [0.3, 0.4) is 0 Å². The van der Waals surface area contributed by atoms with Crippen molar-refractivity contribution >= 4 is 23.3 Å². The number of hydrogen-bond acceptors (Lipinski definition) is 3. The lowest BCUT2D eigenvalue weighted by molar-refractivity contribution is 0.0602. The molecular formula is C8H7ClFNO2. The Hall–Kier alpha value is -1.29. The minimum absolute atomic E-state index is 0.0638. The molecule has 0 aromatic heterocycles. The maximum Gasteiger partial charge on any atom is 0.340 e. The van der Waals surface area contributed by atoms with Crippen LogP contribution in [0.5, 0.6) is 0 Å². The molecule has 1 aromatic rings. The van der Waals surface area contributed by atoms with Crippen molar-refractivity contribution in [1.82, 2.24) is 0 Å². The van der Waals surface area contributed by atoms with Gasteiger partial charge in [0.1, 0.15) is 10.8 Å². The SMILES string of the molecule is COC(=O)c1ccc(F)c(Cl)c1N. The molecule has 0 fully saturated rings. The van der Waals surface area contributed by atoms with Gasteiger partial charge < -0.3 is 10.5 Å². The fourth-order valence-electron chi connectivity index (χ4n) is 0.854. The number of esters is 1. The monoisotopic (exact) mass is 203 g/mol. The van der Waals surface area contributed by atoms with Crippen LogP contribution in [0.4, 0.5) is 10.1 Å². The Kier molecular flexibility index (Phi) is 2.72. The molecule has 3 nitrogen and oxygen atoms in total. The van der Waals surface area contributed by atoms with Crippen molar-refractivity contribution in [2.75, 3.05) is 12.8 Å². The minimum atomic E-state index is -0.660. The zero-order valence-electron chi connectivity index (χ0n) is 6.80. The molecule has 0 unspecified atom stereocenters. The van der Waals surface area contributed by atoms with E-state index in [2.05, 4.69) is 4.74 Å². The maximum atomic E-state index is 12.8. The highest BCUT2D eigenvalue weighted by Gasteiger charge is 2.14. The number of hydrogen-bond donors (Lipinski definition) is 1. The number of anilines is 1. The summed E-state index contributed by atoms with van der Waals surface area (Å²) in [4.78, 5) is 11.0. The molecule has 0 aliphatic rings. The van der Waals surface area contributed by atoms with Crippen LogP contribution in [0, 0.1) is 5.82 Å². The van der Waals surface area contributed by atoms with Crippen LogP contribution < -0.4 is 5.73 Å². The van der Waals surface area contributed by atoms with E-state index in [-0.39, 0.29) is 16.3 Å². The Morgan fingerprint density at radius 3 is 2.77 bits per heavy atom. The van der Waals surface area contributed by atoms with Gasteiger partial charge in [-0.2, -0.15) is 0 Å². The number of rotatable bonds is 1. The van der Waals surface area contributed by atoms with E-state index in [0.29, 0.717) is 0 Å². The predicted octanol–water partition coefficient (Wildman–Crippen LogP) is 1.85. The molecule has 0 saturated carbocycles. The molecular weight excluding hydrogens is 197 g/mol. The van der Waals surface area contributed by atoms with Gasteiger partial charge in [0.05, 0.1) is 18.4 Å². The normalized spacial score (nSPS) is 9.77. The van der Waals surface area contributed by atoms with Gasteiger partial charge >= 0.3 is 5.97 Å². The van der Waals surface area contributed by atoms with Crippen molar-refractivity contribution < 1.29 is 13.9 Å². The molecule has 70 valence electrons. The van der Waals surface area contributed by atoms with Gasteiger partial charge in [0.25, 0.3) is 0 Å². The van der Waals surface area contributed by atoms with E-state index in [9.17, 15) is 9.18 Å². The van der Waals surface area contributed by atoms with E-state index in [1.165, 1.54) is 13.2 Å². The van der Waals surface area contributed by atoms with Gasteiger partial charge in [-0.05, 0) is 12.1 Å². The Labute approximate surface area is 79.2 Å². The second kappa shape index (κ2) is 3.62. The summed E-state index contributed by atoms with van der Waals surface area (Å²) in [5.74, 6) is -1.30. The van der Waals surface area contributed by atoms with Crippen molar-refractivity contribution in [3.05, 3.63) is 28.5 Å². The van der Waals surface area contributed by atoms with Crippen molar-refractivity contribution in [2.45, 2.75) is 0 Å². The molecule has 0 aliphatic carbocycles. The van der Waals surface area contributed by atoms with E-state index in [1.807, 2.05) is 0 Å². The standard InChI is InChI=1S/C8H7ClFNO2/c1-13-8(12)4-2-3-5(10)6(9)7(4)11/h2-3H,11H2,1H3. The van der Waals surface area contributed by atoms with Gasteiger partial charge in [0.15, 0.2) is 0 Å². The van der Waals surface area contributed by atoms with Crippen LogP contribution >= 0.6 is 11.6 Å². The van der Waals surface area contributed by atoms with Crippen LogP contribution in [0.25, 0.3) is 0 Å². The van der Waals surface area contributed by atoms with E-state index in [1.54, 1.807) is 0 Å². The summed E-state index contributed by atoms with van der Waals surface area (Å²) < 4.78 is 17.2. The highest BCUT2D eigenvalue weighted by atomic mass is 35.5.